The van der Waals surface area contributed by atoms with Crippen molar-refractivity contribution in [2.24, 2.45) is 12.5 Å². The molecule has 1 atom stereocenters. The van der Waals surface area contributed by atoms with E-state index in [-0.39, 0.29) is 0 Å². The van der Waals surface area contributed by atoms with E-state index in [1.54, 1.807) is 0 Å². The van der Waals surface area contributed by atoms with Crippen molar-refractivity contribution in [1.82, 2.24) is 19.6 Å². The van der Waals surface area contributed by atoms with Gasteiger partial charge in [0.15, 0.2) is 0 Å². The summed E-state index contributed by atoms with van der Waals surface area (Å²) in [4.78, 5) is 5.36. The van der Waals surface area contributed by atoms with Crippen LogP contribution in [-0.2, 0) is 13.6 Å². The zero-order chi connectivity index (χ0) is 14.9. The van der Waals surface area contributed by atoms with Gasteiger partial charge in [-0.25, -0.2) is 0 Å². The summed E-state index contributed by atoms with van der Waals surface area (Å²) in [7, 11) is 2.00. The highest BCUT2D eigenvalue weighted by Gasteiger charge is 2.34. The first-order valence-electron chi connectivity index (χ1n) is 8.46. The van der Waals surface area contributed by atoms with Gasteiger partial charge in [-0.15, -0.1) is 0 Å². The molecule has 3 rings (SSSR count). The molecule has 0 unspecified atom stereocenters. The zero-order valence-electron chi connectivity index (χ0n) is 13.9. The first-order chi connectivity index (χ1) is 10.0. The largest absolute Gasteiger partial charge is 0.299 e. The summed E-state index contributed by atoms with van der Waals surface area (Å²) in [6.45, 7) is 10.9. The first-order valence-corrected chi connectivity index (χ1v) is 8.46. The van der Waals surface area contributed by atoms with Gasteiger partial charge in [-0.05, 0) is 44.2 Å². The molecule has 0 spiro atoms. The lowest BCUT2D eigenvalue weighted by atomic mass is 9.91. The van der Waals surface area contributed by atoms with Crippen molar-refractivity contribution in [2.75, 3.05) is 26.2 Å². The highest BCUT2D eigenvalue weighted by Crippen LogP contribution is 2.39. The lowest BCUT2D eigenvalue weighted by Crippen LogP contribution is -2.37. The summed E-state index contributed by atoms with van der Waals surface area (Å²) in [6.07, 6.45) is 9.63. The van der Waals surface area contributed by atoms with E-state index in [4.69, 9.17) is 0 Å². The maximum absolute atomic E-state index is 4.28. The van der Waals surface area contributed by atoms with Gasteiger partial charge in [-0.3, -0.25) is 14.5 Å². The van der Waals surface area contributed by atoms with Gasteiger partial charge in [-0.1, -0.05) is 13.8 Å². The Balaban J connectivity index is 1.52. The molecule has 4 nitrogen and oxygen atoms in total. The van der Waals surface area contributed by atoms with Crippen LogP contribution in [0.1, 0.15) is 45.1 Å². The average Bonchev–Trinajstić information content (AvgIpc) is 2.90. The van der Waals surface area contributed by atoms with E-state index in [2.05, 4.69) is 34.9 Å². The van der Waals surface area contributed by atoms with Crippen molar-refractivity contribution < 1.29 is 0 Å². The maximum Gasteiger partial charge on any atom is 0.0534 e. The van der Waals surface area contributed by atoms with Gasteiger partial charge in [0.05, 0.1) is 6.20 Å². The highest BCUT2D eigenvalue weighted by molar-refractivity contribution is 5.03. The van der Waals surface area contributed by atoms with Crippen LogP contribution < -0.4 is 0 Å². The number of hydrogen-bond donors (Lipinski definition) is 0. The second-order valence-corrected chi connectivity index (χ2v) is 7.75. The fourth-order valence-electron chi connectivity index (χ4n) is 4.04. The summed E-state index contributed by atoms with van der Waals surface area (Å²) in [6, 6.07) is 0.832. The second kappa shape index (κ2) is 6.09. The van der Waals surface area contributed by atoms with Crippen LogP contribution in [0.5, 0.6) is 0 Å². The van der Waals surface area contributed by atoms with Gasteiger partial charge in [0.25, 0.3) is 0 Å². The molecule has 0 bridgehead atoms. The third-order valence-corrected chi connectivity index (χ3v) is 5.25. The van der Waals surface area contributed by atoms with Crippen molar-refractivity contribution in [3.05, 3.63) is 18.0 Å². The van der Waals surface area contributed by atoms with Crippen LogP contribution in [0.15, 0.2) is 12.4 Å². The van der Waals surface area contributed by atoms with E-state index in [0.717, 1.165) is 12.6 Å². The van der Waals surface area contributed by atoms with Crippen molar-refractivity contribution in [2.45, 2.75) is 52.1 Å². The number of aromatic nitrogens is 2. The Morgan fingerprint density at radius 1 is 1.24 bits per heavy atom. The van der Waals surface area contributed by atoms with Crippen LogP contribution in [0.2, 0.25) is 0 Å². The SMILES string of the molecule is Cn1cc(CN2CCCN([C@@H]3CCC(C)(C)C3)CC2)cn1. The Morgan fingerprint density at radius 3 is 2.76 bits per heavy atom. The topological polar surface area (TPSA) is 24.3 Å². The Morgan fingerprint density at radius 2 is 2.10 bits per heavy atom. The summed E-state index contributed by atoms with van der Waals surface area (Å²) in [5.41, 5.74) is 1.90. The normalized spacial score (nSPS) is 27.9. The van der Waals surface area contributed by atoms with E-state index in [1.807, 2.05) is 17.9 Å². The molecule has 21 heavy (non-hydrogen) atoms. The number of hydrogen-bond acceptors (Lipinski definition) is 3. The molecule has 0 amide bonds. The van der Waals surface area contributed by atoms with Crippen molar-refractivity contribution in [1.29, 1.82) is 0 Å². The Hall–Kier alpha value is -0.870. The van der Waals surface area contributed by atoms with Crippen LogP contribution in [0.25, 0.3) is 0 Å². The molecule has 1 aliphatic heterocycles. The molecule has 4 heteroatoms. The van der Waals surface area contributed by atoms with Gasteiger partial charge < -0.3 is 0 Å². The highest BCUT2D eigenvalue weighted by atomic mass is 15.3. The average molecular weight is 290 g/mol. The molecule has 0 radical (unpaired) electrons. The standard InChI is InChI=1S/C17H30N4/c1-17(2)6-5-16(11-17)21-8-4-7-20(9-10-21)14-15-12-18-19(3)13-15/h12-13,16H,4-11,14H2,1-3H3/t16-/m1/s1. The molecular formula is C17H30N4. The van der Waals surface area contributed by atoms with Crippen molar-refractivity contribution >= 4 is 0 Å². The van der Waals surface area contributed by atoms with E-state index < -0.39 is 0 Å². The van der Waals surface area contributed by atoms with Crippen LogP contribution in [0, 0.1) is 5.41 Å². The summed E-state index contributed by atoms with van der Waals surface area (Å²) in [5, 5.41) is 4.28. The Kier molecular flexibility index (Phi) is 4.36. The number of aryl methyl sites for hydroxylation is 1. The zero-order valence-corrected chi connectivity index (χ0v) is 13.9. The summed E-state index contributed by atoms with van der Waals surface area (Å²) in [5.74, 6) is 0. The minimum atomic E-state index is 0.562. The third kappa shape index (κ3) is 3.86. The van der Waals surface area contributed by atoms with Crippen LogP contribution in [0.3, 0.4) is 0 Å². The van der Waals surface area contributed by atoms with Crippen LogP contribution >= 0.6 is 0 Å². The molecule has 1 aromatic rings. The fourth-order valence-corrected chi connectivity index (χ4v) is 4.04. The minimum Gasteiger partial charge on any atom is -0.299 e. The van der Waals surface area contributed by atoms with Crippen molar-refractivity contribution in [3.63, 3.8) is 0 Å². The van der Waals surface area contributed by atoms with E-state index in [0.29, 0.717) is 5.41 Å². The first kappa shape index (κ1) is 15.0. The fraction of sp³-hybridized carbons (Fsp3) is 0.824. The lowest BCUT2D eigenvalue weighted by Gasteiger charge is -2.28. The predicted octanol–water partition coefficient (Wildman–Crippen LogP) is 2.51. The van der Waals surface area contributed by atoms with E-state index in [1.165, 1.54) is 57.4 Å². The molecule has 1 aromatic heterocycles. The molecule has 0 aromatic carbocycles. The number of rotatable bonds is 3. The maximum atomic E-state index is 4.28. The smallest absolute Gasteiger partial charge is 0.0534 e. The third-order valence-electron chi connectivity index (χ3n) is 5.25. The van der Waals surface area contributed by atoms with Gasteiger partial charge >= 0.3 is 0 Å². The molecule has 118 valence electrons. The Labute approximate surface area is 129 Å². The minimum absolute atomic E-state index is 0.562. The van der Waals surface area contributed by atoms with Crippen molar-refractivity contribution in [3.8, 4) is 0 Å². The molecule has 1 saturated carbocycles. The second-order valence-electron chi connectivity index (χ2n) is 7.75. The number of nitrogens with zero attached hydrogens (tertiary/aromatic N) is 4. The summed E-state index contributed by atoms with van der Waals surface area (Å²) < 4.78 is 1.90. The quantitative estimate of drug-likeness (QED) is 0.855. The Bertz CT molecular complexity index is 465. The van der Waals surface area contributed by atoms with Gasteiger partial charge in [0, 0.05) is 44.5 Å². The van der Waals surface area contributed by atoms with Crippen LogP contribution in [0.4, 0.5) is 0 Å². The molecule has 1 aliphatic carbocycles. The molecule has 1 saturated heterocycles. The molecule has 0 N–H and O–H groups in total. The predicted molar refractivity (Wildman–Crippen MR) is 86.1 cm³/mol. The van der Waals surface area contributed by atoms with Crippen LogP contribution in [-0.4, -0.2) is 51.8 Å². The van der Waals surface area contributed by atoms with Gasteiger partial charge in [-0.2, -0.15) is 5.10 Å². The molecule has 2 fully saturated rings. The molecular weight excluding hydrogens is 260 g/mol. The lowest BCUT2D eigenvalue weighted by molar-refractivity contribution is 0.187. The monoisotopic (exact) mass is 290 g/mol. The molecule has 2 heterocycles. The summed E-state index contributed by atoms with van der Waals surface area (Å²) >= 11 is 0. The van der Waals surface area contributed by atoms with Gasteiger partial charge in [0.1, 0.15) is 0 Å². The van der Waals surface area contributed by atoms with Gasteiger partial charge in [0.2, 0.25) is 0 Å². The molecule has 2 aliphatic rings. The van der Waals surface area contributed by atoms with E-state index in [9.17, 15) is 0 Å². The van der Waals surface area contributed by atoms with E-state index >= 15 is 0 Å².